The number of carbonyl (C=O) groups excluding carboxylic acids is 1. The maximum absolute atomic E-state index is 11.6. The van der Waals surface area contributed by atoms with E-state index in [1.807, 2.05) is 0 Å². The second-order valence-electron chi connectivity index (χ2n) is 7.33. The third-order valence-electron chi connectivity index (χ3n) is 5.43. The Hall–Kier alpha value is -1.55. The molecule has 1 aliphatic rings. The first kappa shape index (κ1) is 20.8. The maximum atomic E-state index is 11.6. The molecule has 1 saturated carbocycles. The molecule has 1 aromatic carbocycles. The van der Waals surface area contributed by atoms with Gasteiger partial charge < -0.3 is 14.6 Å². The highest BCUT2D eigenvalue weighted by molar-refractivity contribution is 5.72. The molecular weight excluding hydrogens is 328 g/mol. The molecule has 0 aromatic heterocycles. The smallest absolute Gasteiger partial charge is 0.308 e. The number of esters is 1. The highest BCUT2D eigenvalue weighted by Gasteiger charge is 2.27. The van der Waals surface area contributed by atoms with Crippen molar-refractivity contribution in [2.24, 2.45) is 5.92 Å². The Morgan fingerprint density at radius 2 is 1.58 bits per heavy atom. The molecular formula is C22H34O4. The minimum Gasteiger partial charge on any atom is -0.494 e. The maximum Gasteiger partial charge on any atom is 0.308 e. The second-order valence-corrected chi connectivity index (χ2v) is 7.33. The third-order valence-corrected chi connectivity index (χ3v) is 5.43. The van der Waals surface area contributed by atoms with Crippen LogP contribution in [0.25, 0.3) is 0 Å². The van der Waals surface area contributed by atoms with Crippen LogP contribution in [0, 0.1) is 5.92 Å². The summed E-state index contributed by atoms with van der Waals surface area (Å²) in [5.41, 5.74) is 1.35. The molecule has 0 amide bonds. The van der Waals surface area contributed by atoms with Crippen LogP contribution in [0.1, 0.15) is 75.7 Å². The summed E-state index contributed by atoms with van der Waals surface area (Å²) < 4.78 is 10.7. The number of ether oxygens (including phenoxy) is 2. The van der Waals surface area contributed by atoms with Gasteiger partial charge in [-0.25, -0.2) is 0 Å². The highest BCUT2D eigenvalue weighted by Crippen LogP contribution is 2.36. The van der Waals surface area contributed by atoms with E-state index in [-0.39, 0.29) is 11.9 Å². The number of aliphatic hydroxyl groups is 1. The zero-order chi connectivity index (χ0) is 18.6. The summed E-state index contributed by atoms with van der Waals surface area (Å²) in [5, 5.41) is 8.74. The SMILES string of the molecule is COC(=O)C1CCC(c2ccc(OCCCCCCCCO)cc2)CC1. The largest absolute Gasteiger partial charge is 0.494 e. The number of hydrogen-bond acceptors (Lipinski definition) is 4. The van der Waals surface area contributed by atoms with Crippen LogP contribution >= 0.6 is 0 Å². The molecule has 1 fully saturated rings. The number of benzene rings is 1. The molecule has 2 rings (SSSR count). The van der Waals surface area contributed by atoms with E-state index in [4.69, 9.17) is 14.6 Å². The summed E-state index contributed by atoms with van der Waals surface area (Å²) in [6.07, 6.45) is 10.7. The van der Waals surface area contributed by atoms with Gasteiger partial charge in [0.25, 0.3) is 0 Å². The summed E-state index contributed by atoms with van der Waals surface area (Å²) in [6.45, 7) is 1.08. The van der Waals surface area contributed by atoms with Crippen LogP contribution in [0.3, 0.4) is 0 Å². The first-order chi connectivity index (χ1) is 12.7. The summed E-state index contributed by atoms with van der Waals surface area (Å²) in [5.74, 6) is 1.52. The van der Waals surface area contributed by atoms with Crippen LogP contribution in [-0.2, 0) is 9.53 Å². The molecule has 0 unspecified atom stereocenters. The normalized spacial score (nSPS) is 19.9. The Bertz CT molecular complexity index is 503. The molecule has 146 valence electrons. The second kappa shape index (κ2) is 11.9. The van der Waals surface area contributed by atoms with Crippen LogP contribution in [0.5, 0.6) is 5.75 Å². The van der Waals surface area contributed by atoms with Crippen LogP contribution in [0.15, 0.2) is 24.3 Å². The molecule has 0 spiro atoms. The van der Waals surface area contributed by atoms with Crippen molar-refractivity contribution in [1.29, 1.82) is 0 Å². The van der Waals surface area contributed by atoms with E-state index in [0.29, 0.717) is 12.5 Å². The highest BCUT2D eigenvalue weighted by atomic mass is 16.5. The van der Waals surface area contributed by atoms with E-state index < -0.39 is 0 Å². The van der Waals surface area contributed by atoms with E-state index >= 15 is 0 Å². The van der Waals surface area contributed by atoms with Crippen LogP contribution in [0.2, 0.25) is 0 Å². The fourth-order valence-corrected chi connectivity index (χ4v) is 3.78. The number of methoxy groups -OCH3 is 1. The minimum absolute atomic E-state index is 0.0550. The number of hydrogen-bond donors (Lipinski definition) is 1. The molecule has 0 aliphatic heterocycles. The lowest BCUT2D eigenvalue weighted by Crippen LogP contribution is -2.22. The standard InChI is InChI=1S/C22H34O4/c1-25-22(24)20-10-8-18(9-11-20)19-12-14-21(15-13-19)26-17-7-5-3-2-4-6-16-23/h12-15,18,20,23H,2-11,16-17H2,1H3. The van der Waals surface area contributed by atoms with Crippen molar-refractivity contribution in [3.63, 3.8) is 0 Å². The van der Waals surface area contributed by atoms with Gasteiger partial charge in [0, 0.05) is 6.61 Å². The molecule has 0 atom stereocenters. The summed E-state index contributed by atoms with van der Waals surface area (Å²) in [7, 11) is 1.48. The van der Waals surface area contributed by atoms with E-state index in [0.717, 1.165) is 57.3 Å². The molecule has 26 heavy (non-hydrogen) atoms. The minimum atomic E-state index is -0.0550. The molecule has 0 heterocycles. The first-order valence-electron chi connectivity index (χ1n) is 10.2. The monoisotopic (exact) mass is 362 g/mol. The quantitative estimate of drug-likeness (QED) is 0.452. The first-order valence-corrected chi connectivity index (χ1v) is 10.2. The van der Waals surface area contributed by atoms with Crippen LogP contribution in [-0.4, -0.2) is 31.4 Å². The van der Waals surface area contributed by atoms with Crippen molar-refractivity contribution in [1.82, 2.24) is 0 Å². The molecule has 1 N–H and O–H groups in total. The molecule has 0 bridgehead atoms. The topological polar surface area (TPSA) is 55.8 Å². The van der Waals surface area contributed by atoms with Crippen molar-refractivity contribution in [2.75, 3.05) is 20.3 Å². The average Bonchev–Trinajstić information content (AvgIpc) is 2.70. The summed E-state index contributed by atoms with van der Waals surface area (Å²) >= 11 is 0. The molecule has 1 aromatic rings. The predicted molar refractivity (Wildman–Crippen MR) is 103 cm³/mol. The molecule has 0 saturated heterocycles. The van der Waals surface area contributed by atoms with Gasteiger partial charge >= 0.3 is 5.97 Å². The molecule has 1 aliphatic carbocycles. The van der Waals surface area contributed by atoms with E-state index in [9.17, 15) is 4.79 Å². The van der Waals surface area contributed by atoms with Gasteiger partial charge in [-0.2, -0.15) is 0 Å². The van der Waals surface area contributed by atoms with Crippen LogP contribution in [0.4, 0.5) is 0 Å². The van der Waals surface area contributed by atoms with Crippen molar-refractivity contribution in [3.05, 3.63) is 29.8 Å². The Morgan fingerprint density at radius 1 is 0.962 bits per heavy atom. The fourth-order valence-electron chi connectivity index (χ4n) is 3.78. The average molecular weight is 363 g/mol. The molecule has 4 nitrogen and oxygen atoms in total. The Kier molecular flexibility index (Phi) is 9.54. The van der Waals surface area contributed by atoms with E-state index in [1.165, 1.54) is 31.9 Å². The van der Waals surface area contributed by atoms with Gasteiger partial charge in [0.2, 0.25) is 0 Å². The van der Waals surface area contributed by atoms with E-state index in [2.05, 4.69) is 24.3 Å². The lowest BCUT2D eigenvalue weighted by atomic mass is 9.79. The van der Waals surface area contributed by atoms with Gasteiger partial charge in [0.1, 0.15) is 5.75 Å². The summed E-state index contributed by atoms with van der Waals surface area (Å²) in [6, 6.07) is 8.49. The number of rotatable bonds is 11. The molecule has 0 radical (unpaired) electrons. The van der Waals surface area contributed by atoms with Gasteiger partial charge in [-0.15, -0.1) is 0 Å². The Labute approximate surface area is 157 Å². The summed E-state index contributed by atoms with van der Waals surface area (Å²) in [4.78, 5) is 11.6. The number of carbonyl (C=O) groups is 1. The Balaban J connectivity index is 1.63. The van der Waals surface area contributed by atoms with Crippen LogP contribution < -0.4 is 4.74 Å². The van der Waals surface area contributed by atoms with Gasteiger partial charge in [-0.1, -0.05) is 37.8 Å². The molecule has 4 heteroatoms. The number of unbranched alkanes of at least 4 members (excludes halogenated alkanes) is 5. The van der Waals surface area contributed by atoms with E-state index in [1.54, 1.807) is 0 Å². The Morgan fingerprint density at radius 3 is 2.19 bits per heavy atom. The van der Waals surface area contributed by atoms with Gasteiger partial charge in [0.15, 0.2) is 0 Å². The number of aliphatic hydroxyl groups excluding tert-OH is 1. The lowest BCUT2D eigenvalue weighted by molar-refractivity contribution is -0.146. The van der Waals surface area contributed by atoms with Crippen molar-refractivity contribution in [2.45, 2.75) is 70.1 Å². The van der Waals surface area contributed by atoms with Crippen molar-refractivity contribution >= 4 is 5.97 Å². The zero-order valence-electron chi connectivity index (χ0n) is 16.1. The zero-order valence-corrected chi connectivity index (χ0v) is 16.1. The van der Waals surface area contributed by atoms with Gasteiger partial charge in [-0.05, 0) is 62.1 Å². The fraction of sp³-hybridized carbons (Fsp3) is 0.682. The van der Waals surface area contributed by atoms with Gasteiger partial charge in [-0.3, -0.25) is 4.79 Å². The third kappa shape index (κ3) is 6.99. The lowest BCUT2D eigenvalue weighted by Gasteiger charge is -2.27. The van der Waals surface area contributed by atoms with Crippen molar-refractivity contribution in [3.8, 4) is 5.75 Å². The van der Waals surface area contributed by atoms with Crippen molar-refractivity contribution < 1.29 is 19.4 Å². The predicted octanol–water partition coefficient (Wildman–Crippen LogP) is 4.85. The van der Waals surface area contributed by atoms with Gasteiger partial charge in [0.05, 0.1) is 19.6 Å².